The molecule has 48 heavy (non-hydrogen) atoms. The fourth-order valence-electron chi connectivity index (χ4n) is 6.56. The molecule has 1 heterocycles. The van der Waals surface area contributed by atoms with Crippen LogP contribution in [-0.2, 0) is 0 Å². The normalized spacial score (nSPS) is 11.9. The number of nitrogens with zero attached hydrogens (tertiary/aromatic N) is 1. The van der Waals surface area contributed by atoms with E-state index in [2.05, 4.69) is 159 Å². The molecule has 0 atom stereocenters. The van der Waals surface area contributed by atoms with Crippen molar-refractivity contribution >= 4 is 45.1 Å². The summed E-state index contributed by atoms with van der Waals surface area (Å²) in [4.78, 5) is 0. The van der Waals surface area contributed by atoms with Crippen LogP contribution in [0.2, 0.25) is 0 Å². The summed E-state index contributed by atoms with van der Waals surface area (Å²) in [6, 6.07) is 37.4. The molecule has 6 rings (SSSR count). The van der Waals surface area contributed by atoms with Gasteiger partial charge < -0.3 is 4.57 Å². The first-order valence-corrected chi connectivity index (χ1v) is 16.8. The summed E-state index contributed by atoms with van der Waals surface area (Å²) < 4.78 is 2.40. The van der Waals surface area contributed by atoms with Crippen LogP contribution in [0.25, 0.3) is 73.0 Å². The predicted molar refractivity (Wildman–Crippen MR) is 215 cm³/mol. The topological polar surface area (TPSA) is 4.93 Å². The number of aromatic nitrogens is 1. The molecular formula is C47H45N. The monoisotopic (exact) mass is 623 g/mol. The van der Waals surface area contributed by atoms with Crippen LogP contribution in [0.5, 0.6) is 0 Å². The third-order valence-corrected chi connectivity index (χ3v) is 8.83. The van der Waals surface area contributed by atoms with Gasteiger partial charge in [0.15, 0.2) is 0 Å². The number of hydrogen-bond donors (Lipinski definition) is 0. The summed E-state index contributed by atoms with van der Waals surface area (Å²) in [6.07, 6.45) is 14.3. The lowest BCUT2D eigenvalue weighted by atomic mass is 9.90. The Morgan fingerprint density at radius 2 is 1.15 bits per heavy atom. The number of hydrogen-bond acceptors (Lipinski definition) is 0. The first-order valence-electron chi connectivity index (χ1n) is 16.8. The number of rotatable bonds is 9. The van der Waals surface area contributed by atoms with E-state index in [-0.39, 0.29) is 0 Å². The molecule has 1 aromatic heterocycles. The second kappa shape index (κ2) is 15.3. The Balaban J connectivity index is 0.00000221. The molecule has 0 bridgehead atoms. The van der Waals surface area contributed by atoms with Crippen molar-refractivity contribution in [2.45, 2.75) is 34.6 Å². The molecule has 0 radical (unpaired) electrons. The van der Waals surface area contributed by atoms with E-state index in [4.69, 9.17) is 0 Å². The van der Waals surface area contributed by atoms with E-state index in [1.165, 1.54) is 38.6 Å². The standard InChI is InChI=1S/C45H39N.C2H6/c1-7-16-40-39(12-6)45-41-28-27-37(35-21-19-33(20-22-35)31(8-2)9-3)29-43(41)46(38-17-14-13-15-18-38)44(45)30-42(40)36-25-23-34(24-26-36)32(10-4)11-5;1-2/h7-30H,2,4,6H2,1,3,5H3;1-2H3/b16-7-,31-9+,32-11+;. The van der Waals surface area contributed by atoms with Gasteiger partial charge in [-0.1, -0.05) is 155 Å². The van der Waals surface area contributed by atoms with Crippen molar-refractivity contribution < 1.29 is 0 Å². The predicted octanol–water partition coefficient (Wildman–Crippen LogP) is 14.0. The lowest BCUT2D eigenvalue weighted by molar-refractivity contribution is 1.18. The Kier molecular flexibility index (Phi) is 10.7. The van der Waals surface area contributed by atoms with E-state index in [1.807, 2.05) is 45.9 Å². The largest absolute Gasteiger partial charge is 0.309 e. The van der Waals surface area contributed by atoms with Crippen molar-refractivity contribution in [3.05, 3.63) is 175 Å². The van der Waals surface area contributed by atoms with E-state index in [9.17, 15) is 0 Å². The van der Waals surface area contributed by atoms with Gasteiger partial charge >= 0.3 is 0 Å². The fourth-order valence-corrected chi connectivity index (χ4v) is 6.56. The quantitative estimate of drug-likeness (QED) is 0.141. The summed E-state index contributed by atoms with van der Waals surface area (Å²) in [7, 11) is 0. The van der Waals surface area contributed by atoms with Crippen LogP contribution in [0.3, 0.4) is 0 Å². The highest BCUT2D eigenvalue weighted by molar-refractivity contribution is 6.16. The molecule has 0 fully saturated rings. The van der Waals surface area contributed by atoms with E-state index >= 15 is 0 Å². The average molecular weight is 624 g/mol. The first-order chi connectivity index (χ1) is 23.6. The number of fused-ring (bicyclic) bond motifs is 3. The van der Waals surface area contributed by atoms with Gasteiger partial charge in [-0.05, 0) is 101 Å². The Hall–Kier alpha value is -5.66. The third kappa shape index (κ3) is 6.20. The minimum atomic E-state index is 1.12. The molecule has 1 nitrogen and oxygen atoms in total. The molecule has 238 valence electrons. The minimum Gasteiger partial charge on any atom is -0.309 e. The first kappa shape index (κ1) is 33.7. The van der Waals surface area contributed by atoms with Crippen molar-refractivity contribution in [1.29, 1.82) is 0 Å². The van der Waals surface area contributed by atoms with Crippen LogP contribution in [0.4, 0.5) is 0 Å². The lowest BCUT2D eigenvalue weighted by Gasteiger charge is -2.15. The van der Waals surface area contributed by atoms with Crippen LogP contribution in [-0.4, -0.2) is 4.57 Å². The van der Waals surface area contributed by atoms with E-state index in [0.717, 1.165) is 44.6 Å². The molecule has 0 unspecified atom stereocenters. The Morgan fingerprint density at radius 1 is 0.583 bits per heavy atom. The Bertz CT molecular complexity index is 2180. The van der Waals surface area contributed by atoms with Gasteiger partial charge in [-0.3, -0.25) is 0 Å². The van der Waals surface area contributed by atoms with Gasteiger partial charge in [0.1, 0.15) is 0 Å². The van der Waals surface area contributed by atoms with Crippen LogP contribution < -0.4 is 0 Å². The molecule has 0 aliphatic heterocycles. The van der Waals surface area contributed by atoms with Crippen molar-refractivity contribution in [3.8, 4) is 27.9 Å². The van der Waals surface area contributed by atoms with Crippen LogP contribution >= 0.6 is 0 Å². The molecular weight excluding hydrogens is 579 g/mol. The number of allylic oxidation sites excluding steroid dienone is 7. The maximum atomic E-state index is 4.34. The summed E-state index contributed by atoms with van der Waals surface area (Å²) in [5.41, 5.74) is 15.0. The van der Waals surface area contributed by atoms with Crippen molar-refractivity contribution in [1.82, 2.24) is 4.57 Å². The highest BCUT2D eigenvalue weighted by Crippen LogP contribution is 2.42. The highest BCUT2D eigenvalue weighted by Gasteiger charge is 2.20. The molecule has 0 saturated carbocycles. The van der Waals surface area contributed by atoms with Gasteiger partial charge in [0, 0.05) is 16.5 Å². The van der Waals surface area contributed by atoms with Crippen molar-refractivity contribution in [2.75, 3.05) is 0 Å². The van der Waals surface area contributed by atoms with E-state index in [1.54, 1.807) is 0 Å². The molecule has 0 N–H and O–H groups in total. The van der Waals surface area contributed by atoms with Crippen molar-refractivity contribution in [3.63, 3.8) is 0 Å². The van der Waals surface area contributed by atoms with Gasteiger partial charge in [0.05, 0.1) is 11.0 Å². The average Bonchev–Trinajstić information content (AvgIpc) is 3.47. The molecule has 5 aromatic carbocycles. The molecule has 0 saturated heterocycles. The molecule has 0 aliphatic carbocycles. The maximum Gasteiger partial charge on any atom is 0.0553 e. The van der Waals surface area contributed by atoms with Gasteiger partial charge in [-0.15, -0.1) is 0 Å². The van der Waals surface area contributed by atoms with Gasteiger partial charge in [0.2, 0.25) is 0 Å². The van der Waals surface area contributed by atoms with Crippen LogP contribution in [0.1, 0.15) is 56.9 Å². The molecule has 6 aromatic rings. The maximum absolute atomic E-state index is 4.34. The van der Waals surface area contributed by atoms with E-state index < -0.39 is 0 Å². The third-order valence-electron chi connectivity index (χ3n) is 8.83. The van der Waals surface area contributed by atoms with Crippen LogP contribution in [0, 0.1) is 0 Å². The zero-order valence-corrected chi connectivity index (χ0v) is 28.9. The molecule has 0 amide bonds. The summed E-state index contributed by atoms with van der Waals surface area (Å²) in [6.45, 7) is 22.5. The highest BCUT2D eigenvalue weighted by atomic mass is 15.0. The van der Waals surface area contributed by atoms with Crippen molar-refractivity contribution in [2.24, 2.45) is 0 Å². The zero-order valence-electron chi connectivity index (χ0n) is 28.9. The van der Waals surface area contributed by atoms with Gasteiger partial charge in [0.25, 0.3) is 0 Å². The zero-order chi connectivity index (χ0) is 34.2. The SMILES string of the molecule is C=C/C(=C\C)c1ccc(-c2ccc3c4c(C=C)c(/C=C\C)c(-c5ccc(/C(C=C)=C/C)cc5)cc4n(-c4ccccc4)c3c2)cc1.CC. The van der Waals surface area contributed by atoms with E-state index in [0.29, 0.717) is 0 Å². The van der Waals surface area contributed by atoms with Gasteiger partial charge in [-0.2, -0.15) is 0 Å². The molecule has 0 aliphatic rings. The Morgan fingerprint density at radius 3 is 1.67 bits per heavy atom. The lowest BCUT2D eigenvalue weighted by Crippen LogP contribution is -1.96. The molecule has 0 spiro atoms. The van der Waals surface area contributed by atoms with Gasteiger partial charge in [-0.25, -0.2) is 0 Å². The molecule has 1 heteroatoms. The minimum absolute atomic E-state index is 1.12. The number of benzene rings is 5. The summed E-state index contributed by atoms with van der Waals surface area (Å²) >= 11 is 0. The number of para-hydroxylation sites is 1. The Labute approximate surface area is 286 Å². The van der Waals surface area contributed by atoms with Crippen LogP contribution in [0.15, 0.2) is 153 Å². The second-order valence-electron chi connectivity index (χ2n) is 11.3. The smallest absolute Gasteiger partial charge is 0.0553 e. The fraction of sp³-hybridized carbons (Fsp3) is 0.106. The summed E-state index contributed by atoms with van der Waals surface area (Å²) in [5.74, 6) is 0. The summed E-state index contributed by atoms with van der Waals surface area (Å²) in [5, 5.41) is 2.41. The second-order valence-corrected chi connectivity index (χ2v) is 11.3.